The molecule has 0 heterocycles. The summed E-state index contributed by atoms with van der Waals surface area (Å²) >= 11 is 0. The number of ketones is 2. The van der Waals surface area contributed by atoms with Gasteiger partial charge in [0.05, 0.1) is 50.9 Å². The predicted molar refractivity (Wildman–Crippen MR) is 546 cm³/mol. The minimum absolute atomic E-state index is 0. The third kappa shape index (κ3) is 32.6. The molecule has 30 heteroatoms. The number of aromatic carboxylic acids is 5. The van der Waals surface area contributed by atoms with Gasteiger partial charge in [0.15, 0.2) is 17.6 Å². The molecule has 732 valence electrons. The second-order valence-electron chi connectivity index (χ2n) is 31.2. The highest BCUT2D eigenvalue weighted by molar-refractivity contribution is 6.13. The molecule has 0 saturated heterocycles. The number of carboxylic acids is 8. The minimum Gasteiger partial charge on any atom is -0.481 e. The van der Waals surface area contributed by atoms with Gasteiger partial charge in [0.25, 0.3) is 35.4 Å². The van der Waals surface area contributed by atoms with Crippen LogP contribution < -0.4 is 31.9 Å². The lowest BCUT2D eigenvalue weighted by Crippen LogP contribution is -2.42. The quantitative estimate of drug-likeness (QED) is 0.0142. The number of Topliss-reactive ketones (excluding diaryl/α,β-unsaturated/α-hetero) is 2. The van der Waals surface area contributed by atoms with Crippen LogP contribution in [0.3, 0.4) is 0 Å². The van der Waals surface area contributed by atoms with Gasteiger partial charge in [-0.1, -0.05) is 239 Å². The van der Waals surface area contributed by atoms with E-state index in [1.165, 1.54) is 110 Å². The molecule has 0 radical (unpaired) electrons. The van der Waals surface area contributed by atoms with Crippen LogP contribution in [0.15, 0.2) is 346 Å². The molecule has 0 spiro atoms. The number of terminal acetylenes is 2. The monoisotopic (exact) mass is 1950 g/mol. The smallest absolute Gasteiger partial charge is 0.336 e. The zero-order valence-electron chi connectivity index (χ0n) is 77.4. The third-order valence-corrected chi connectivity index (χ3v) is 21.3. The number of carbonyl (C=O) groups is 16. The van der Waals surface area contributed by atoms with Gasteiger partial charge in [-0.05, 0) is 210 Å². The van der Waals surface area contributed by atoms with Crippen molar-refractivity contribution in [2.24, 2.45) is 0 Å². The first-order valence-electron chi connectivity index (χ1n) is 43.9. The second kappa shape index (κ2) is 54.9. The first kappa shape index (κ1) is 110. The minimum atomic E-state index is -1.25. The first-order chi connectivity index (χ1) is 69.1. The number of carboxylic acid groups (broad SMARTS) is 8. The summed E-state index contributed by atoms with van der Waals surface area (Å²) in [5.41, 5.74) is 11.2. The van der Waals surface area contributed by atoms with Crippen molar-refractivity contribution < 1.29 is 118 Å². The van der Waals surface area contributed by atoms with E-state index in [4.69, 9.17) is 38.4 Å². The van der Waals surface area contributed by atoms with Crippen LogP contribution in [0.1, 0.15) is 214 Å². The van der Waals surface area contributed by atoms with Gasteiger partial charge in [-0.2, -0.15) is 0 Å². The van der Waals surface area contributed by atoms with Crippen molar-refractivity contribution in [1.82, 2.24) is 16.0 Å². The Hall–Kier alpha value is -19.9. The lowest BCUT2D eigenvalue weighted by atomic mass is 9.95. The molecule has 14 aromatic rings. The van der Waals surface area contributed by atoms with E-state index in [1.54, 1.807) is 218 Å². The summed E-state index contributed by atoms with van der Waals surface area (Å²) < 4.78 is 0. The average Bonchev–Trinajstić information content (AvgIpc) is 0.795. The normalized spacial score (nSPS) is 10.4. The lowest BCUT2D eigenvalue weighted by Gasteiger charge is -2.15. The molecular weight excluding hydrogens is 1850 g/mol. The Balaban J connectivity index is 0.000000212. The number of amides is 6. The van der Waals surface area contributed by atoms with Gasteiger partial charge in [0.1, 0.15) is 6.04 Å². The highest BCUT2D eigenvalue weighted by Gasteiger charge is 2.28. The largest absolute Gasteiger partial charge is 0.481 e. The number of hydrogen-bond donors (Lipinski definition) is 14. The Kier molecular flexibility index (Phi) is 41.8. The zero-order valence-corrected chi connectivity index (χ0v) is 77.4. The van der Waals surface area contributed by atoms with E-state index in [2.05, 4.69) is 50.7 Å². The Bertz CT molecular complexity index is 7180. The fraction of sp³-hybridized carbons (Fsp3) is 0.0957. The maximum Gasteiger partial charge on any atom is 0.336 e. The van der Waals surface area contributed by atoms with Crippen LogP contribution in [-0.4, -0.2) is 142 Å². The van der Waals surface area contributed by atoms with E-state index in [-0.39, 0.29) is 101 Å². The molecule has 6 amide bonds. The maximum atomic E-state index is 12.7. The molecule has 0 aromatic heterocycles. The van der Waals surface area contributed by atoms with Crippen molar-refractivity contribution in [2.75, 3.05) is 16.0 Å². The zero-order chi connectivity index (χ0) is 104. The maximum absolute atomic E-state index is 12.7. The number of rotatable bonds is 31. The predicted octanol–water partition coefficient (Wildman–Crippen LogP) is 19.2. The van der Waals surface area contributed by atoms with E-state index in [9.17, 15) is 92.0 Å². The molecule has 0 bridgehead atoms. The highest BCUT2D eigenvalue weighted by atomic mass is 16.4. The summed E-state index contributed by atoms with van der Waals surface area (Å²) in [5.74, 6) is -7.33. The van der Waals surface area contributed by atoms with Gasteiger partial charge in [0, 0.05) is 69.0 Å². The van der Waals surface area contributed by atoms with Crippen molar-refractivity contribution in [1.29, 1.82) is 0 Å². The molecule has 0 saturated carbocycles. The van der Waals surface area contributed by atoms with Crippen LogP contribution in [0.5, 0.6) is 0 Å². The molecule has 0 aliphatic carbocycles. The molecule has 14 rings (SSSR count). The van der Waals surface area contributed by atoms with Crippen molar-refractivity contribution in [2.45, 2.75) is 72.5 Å². The van der Waals surface area contributed by atoms with Gasteiger partial charge < -0.3 is 72.8 Å². The van der Waals surface area contributed by atoms with Crippen molar-refractivity contribution in [3.05, 3.63) is 457 Å². The Morgan fingerprint density at radius 2 is 0.683 bits per heavy atom. The van der Waals surface area contributed by atoms with Crippen LogP contribution >= 0.6 is 0 Å². The second-order valence-corrected chi connectivity index (χ2v) is 31.2. The number of nitrogens with one attached hydrogen (secondary N) is 6. The average molecular weight is 1950 g/mol. The van der Waals surface area contributed by atoms with Crippen LogP contribution in [0.4, 0.5) is 17.1 Å². The fourth-order valence-corrected chi connectivity index (χ4v) is 14.1. The van der Waals surface area contributed by atoms with Crippen molar-refractivity contribution in [3.8, 4) is 46.9 Å². The molecule has 0 aliphatic heterocycles. The summed E-state index contributed by atoms with van der Waals surface area (Å²) in [7, 11) is 0. The Labute approximate surface area is 833 Å². The van der Waals surface area contributed by atoms with Crippen molar-refractivity contribution in [3.63, 3.8) is 0 Å². The van der Waals surface area contributed by atoms with E-state index in [1.807, 2.05) is 36.4 Å². The summed E-state index contributed by atoms with van der Waals surface area (Å²) in [5, 5.41) is 89.0. The molecule has 14 aromatic carbocycles. The molecule has 2 atom stereocenters. The number of anilines is 3. The number of aliphatic carboxylic acids is 3. The number of benzene rings is 14. The SMILES string of the molecule is C.C#Cc1ccc(NC(=O)c2ccccc2-c2ccc(C(=O)O)cc2)cc1.C#Cc1ccc(NC(=O)c2ccccc2-c2ccccc2C(=O)O)cc1.CC(=O)c1ccc(CNC(=O)c2ccccc2C(=O)O)c(C(C)=O)c1.CCCc1ccc(NC(=O)c2ccccc2CC(=O)O)cc1.O=C(O)c1ccccc1C(=O)NC(C(=O)O)c1ccccc1.O=C(O)c1ccccc1C(=O)NC(Cc1ccccc1)C(=O)O. The third-order valence-electron chi connectivity index (χ3n) is 21.3. The molecule has 2 unspecified atom stereocenters. The van der Waals surface area contributed by atoms with E-state index in [0.717, 1.165) is 40.7 Å². The van der Waals surface area contributed by atoms with Gasteiger partial charge in [-0.25, -0.2) is 33.6 Å². The first-order valence-corrected chi connectivity index (χ1v) is 43.9. The highest BCUT2D eigenvalue weighted by Crippen LogP contribution is 2.31. The number of hydrogen-bond acceptors (Lipinski definition) is 16. The summed E-state index contributed by atoms with van der Waals surface area (Å²) in [6.45, 7) is 4.95. The van der Waals surface area contributed by atoms with Crippen LogP contribution in [0.25, 0.3) is 22.3 Å². The van der Waals surface area contributed by atoms with Crippen LogP contribution in [0.2, 0.25) is 0 Å². The summed E-state index contributed by atoms with van der Waals surface area (Å²) in [6.07, 6.45) is 12.7. The van der Waals surface area contributed by atoms with Crippen LogP contribution in [0, 0.1) is 24.7 Å². The van der Waals surface area contributed by atoms with E-state index < -0.39 is 77.6 Å². The fourth-order valence-electron chi connectivity index (χ4n) is 14.1. The molecule has 30 nitrogen and oxygen atoms in total. The molecule has 145 heavy (non-hydrogen) atoms. The molecule has 0 aliphatic rings. The van der Waals surface area contributed by atoms with Crippen molar-refractivity contribution >= 4 is 112 Å². The standard InChI is InChI=1S/2C22H15NO3.C19H17NO5.C18H19NO3.C17H15NO5.C16H13NO5.CH4/c1-2-15-11-13-16(14-12-15)23-21(24)19-9-5-3-7-17(19)18-8-4-6-10-20(18)22(25)26;1-2-15-7-13-18(14-8-15)23-21(24)20-6-4-3-5-19(20)16-9-11-17(12-10-16)22(25)26;1-11(21)13-7-8-14(17(9-13)12(2)22)10-20-18(23)15-5-3-4-6-16(15)19(24)25;1-2-5-13-8-10-15(11-9-13)19-18(22)16-7-4-3-6-14(16)12-17(20)21;19-15(12-8-4-5-9-13(12)16(20)21)18-14(17(22)23)10-11-6-2-1-3-7-11;18-14(11-8-4-5-9-12(11)15(19)20)17-13(16(21)22)10-6-2-1-3-7-10;/h2*1,3-14H,(H,23,24)(H,25,26);3-9H,10H2,1-2H3,(H,20,23)(H,24,25);3-4,6-11H,2,5,12H2,1H3,(H,19,22)(H,20,21);1-9,14H,10H2,(H,18,19)(H,20,21)(H,22,23);1-9,13H,(H,17,18)(H,19,20)(H,21,22);1H4. The summed E-state index contributed by atoms with van der Waals surface area (Å²) in [4.78, 5) is 187. The van der Waals surface area contributed by atoms with E-state index >= 15 is 0 Å². The van der Waals surface area contributed by atoms with Gasteiger partial charge >= 0.3 is 47.8 Å². The topological polar surface area (TPSA) is 507 Å². The molecular formula is C115H98N6O24. The van der Waals surface area contributed by atoms with Crippen LogP contribution in [-0.2, 0) is 40.2 Å². The van der Waals surface area contributed by atoms with Gasteiger partial charge in [0.2, 0.25) is 0 Å². The Morgan fingerprint density at radius 3 is 1.10 bits per heavy atom. The lowest BCUT2D eigenvalue weighted by molar-refractivity contribution is -0.140. The molecule has 0 fully saturated rings. The Morgan fingerprint density at radius 1 is 0.310 bits per heavy atom. The summed E-state index contributed by atoms with van der Waals surface area (Å²) in [6, 6.07) is 92.0. The van der Waals surface area contributed by atoms with Gasteiger partial charge in [-0.3, -0.25) is 43.2 Å². The molecule has 14 N–H and O–H groups in total. The number of aryl methyl sites for hydroxylation is 1. The number of carbonyl (C=O) groups excluding carboxylic acids is 8. The van der Waals surface area contributed by atoms with Gasteiger partial charge in [-0.15, -0.1) is 12.8 Å². The van der Waals surface area contributed by atoms with E-state index in [0.29, 0.717) is 72.7 Å².